The molecule has 1 heteroatoms. The summed E-state index contributed by atoms with van der Waals surface area (Å²) in [7, 11) is 2.61. The number of hydrogen-bond donors (Lipinski definition) is 0. The van der Waals surface area contributed by atoms with Gasteiger partial charge in [0.2, 0.25) is 0 Å². The minimum absolute atomic E-state index is 0.982. The van der Waals surface area contributed by atoms with Crippen molar-refractivity contribution >= 4 is 7.28 Å². The van der Waals surface area contributed by atoms with Crippen molar-refractivity contribution < 1.29 is 0 Å². The third-order valence-corrected chi connectivity index (χ3v) is 3.21. The monoisotopic (exact) mass is 179 g/mol. The summed E-state index contributed by atoms with van der Waals surface area (Å²) in [5.74, 6) is 0.982. The molecule has 76 valence electrons. The number of unbranched alkanes of at least 4 members (excludes halogenated alkanes) is 3. The molecule has 1 aliphatic rings. The van der Waals surface area contributed by atoms with Crippen molar-refractivity contribution in [2.75, 3.05) is 0 Å². The minimum atomic E-state index is 0.982. The zero-order valence-corrected chi connectivity index (χ0v) is 9.23. The summed E-state index contributed by atoms with van der Waals surface area (Å²) >= 11 is 0. The molecule has 0 amide bonds. The van der Waals surface area contributed by atoms with Gasteiger partial charge >= 0.3 is 0 Å². The molecule has 0 spiro atoms. The first kappa shape index (κ1) is 11.1. The van der Waals surface area contributed by atoms with Crippen LogP contribution in [0.3, 0.4) is 0 Å². The Morgan fingerprint density at radius 2 is 1.77 bits per heavy atom. The van der Waals surface area contributed by atoms with Gasteiger partial charge < -0.3 is 7.28 Å². The molecular formula is C12H24B-. The van der Waals surface area contributed by atoms with Crippen LogP contribution in [0.15, 0.2) is 0 Å². The zero-order valence-electron chi connectivity index (χ0n) is 9.23. The van der Waals surface area contributed by atoms with Crippen LogP contribution < -0.4 is 0 Å². The molecule has 0 atom stereocenters. The lowest BCUT2D eigenvalue weighted by Gasteiger charge is -2.32. The summed E-state index contributed by atoms with van der Waals surface area (Å²) < 4.78 is 0. The maximum Gasteiger partial charge on any atom is -0.0535 e. The van der Waals surface area contributed by atoms with Crippen molar-refractivity contribution in [2.24, 2.45) is 0 Å². The molecule has 1 aliphatic carbocycles. The van der Waals surface area contributed by atoms with Crippen molar-refractivity contribution in [2.45, 2.75) is 76.8 Å². The lowest BCUT2D eigenvalue weighted by Crippen LogP contribution is -2.07. The Morgan fingerprint density at radius 1 is 1.00 bits per heavy atom. The van der Waals surface area contributed by atoms with Crippen LogP contribution in [-0.4, -0.2) is 7.28 Å². The third-order valence-electron chi connectivity index (χ3n) is 3.21. The maximum atomic E-state index is 2.61. The largest absolute Gasteiger partial charge is 0.332 e. The van der Waals surface area contributed by atoms with E-state index in [2.05, 4.69) is 14.2 Å². The molecule has 0 N–H and O–H groups in total. The minimum Gasteiger partial charge on any atom is -0.332 e. The smallest absolute Gasteiger partial charge is 0.0535 e. The molecule has 0 aromatic carbocycles. The van der Waals surface area contributed by atoms with Gasteiger partial charge in [0.1, 0.15) is 0 Å². The molecule has 0 bridgehead atoms. The zero-order chi connectivity index (χ0) is 9.36. The van der Waals surface area contributed by atoms with Crippen molar-refractivity contribution in [1.29, 1.82) is 0 Å². The van der Waals surface area contributed by atoms with E-state index in [1.54, 1.807) is 0 Å². The normalized spacial score (nSPS) is 19.2. The van der Waals surface area contributed by atoms with E-state index in [1.165, 1.54) is 64.1 Å². The van der Waals surface area contributed by atoms with Gasteiger partial charge in [0.25, 0.3) is 0 Å². The Bertz CT molecular complexity index is 106. The number of hydrogen-bond acceptors (Lipinski definition) is 0. The van der Waals surface area contributed by atoms with Gasteiger partial charge in [-0.2, -0.15) is 0 Å². The summed E-state index contributed by atoms with van der Waals surface area (Å²) in [6.07, 6.45) is 14.5. The molecule has 0 aliphatic heterocycles. The summed E-state index contributed by atoms with van der Waals surface area (Å²) in [5.41, 5.74) is 0. The molecule has 1 fully saturated rings. The van der Waals surface area contributed by atoms with Gasteiger partial charge in [-0.05, 0) is 0 Å². The number of rotatable bonds is 6. The van der Waals surface area contributed by atoms with Gasteiger partial charge in [-0.1, -0.05) is 64.7 Å². The molecule has 0 aromatic heterocycles. The van der Waals surface area contributed by atoms with Crippen molar-refractivity contribution in [3.63, 3.8) is 0 Å². The van der Waals surface area contributed by atoms with Crippen LogP contribution in [0.2, 0.25) is 12.1 Å². The van der Waals surface area contributed by atoms with Gasteiger partial charge in [-0.25, -0.2) is 12.1 Å². The third kappa shape index (κ3) is 5.39. The van der Waals surface area contributed by atoms with Gasteiger partial charge in [-0.15, -0.1) is 0 Å². The Labute approximate surface area is 84.7 Å². The Balaban J connectivity index is 1.86. The lowest BCUT2D eigenvalue weighted by atomic mass is 9.56. The summed E-state index contributed by atoms with van der Waals surface area (Å²) in [6.45, 7) is 2.28. The predicted molar refractivity (Wildman–Crippen MR) is 61.5 cm³/mol. The van der Waals surface area contributed by atoms with E-state index in [1.807, 2.05) is 0 Å². The second kappa shape index (κ2) is 7.47. The second-order valence-corrected chi connectivity index (χ2v) is 4.48. The van der Waals surface area contributed by atoms with E-state index < -0.39 is 0 Å². The molecule has 2 radical (unpaired) electrons. The molecule has 0 saturated heterocycles. The van der Waals surface area contributed by atoms with Crippen LogP contribution in [0.1, 0.15) is 64.7 Å². The fourth-order valence-corrected chi connectivity index (χ4v) is 2.29. The average Bonchev–Trinajstić information content (AvgIpc) is 2.19. The Hall–Kier alpha value is 0.0649. The van der Waals surface area contributed by atoms with Crippen LogP contribution in [-0.2, 0) is 0 Å². The summed E-state index contributed by atoms with van der Waals surface area (Å²) in [5, 5.41) is 0. The van der Waals surface area contributed by atoms with E-state index in [9.17, 15) is 0 Å². The fourth-order valence-electron chi connectivity index (χ4n) is 2.29. The highest BCUT2D eigenvalue weighted by molar-refractivity contribution is 6.37. The molecule has 0 unspecified atom stereocenters. The molecule has 0 heterocycles. The molecule has 1 rings (SSSR count). The predicted octanol–water partition coefficient (Wildman–Crippen LogP) is 4.44. The van der Waals surface area contributed by atoms with Gasteiger partial charge in [0.05, 0.1) is 0 Å². The first-order valence-corrected chi connectivity index (χ1v) is 6.27. The highest BCUT2D eigenvalue weighted by Crippen LogP contribution is 2.28. The van der Waals surface area contributed by atoms with Crippen LogP contribution in [0, 0.1) is 0 Å². The SMILES string of the molecule is CCCCCC[B-]C1CCCCC1. The second-order valence-electron chi connectivity index (χ2n) is 4.48. The Morgan fingerprint density at radius 3 is 2.46 bits per heavy atom. The van der Waals surface area contributed by atoms with Crippen molar-refractivity contribution in [1.82, 2.24) is 0 Å². The van der Waals surface area contributed by atoms with E-state index in [4.69, 9.17) is 0 Å². The Kier molecular flexibility index (Phi) is 6.40. The quantitative estimate of drug-likeness (QED) is 0.417. The van der Waals surface area contributed by atoms with Gasteiger partial charge in [0, 0.05) is 0 Å². The maximum absolute atomic E-state index is 2.61. The highest BCUT2D eigenvalue weighted by atomic mass is 14.1. The average molecular weight is 179 g/mol. The fraction of sp³-hybridized carbons (Fsp3) is 1.00. The van der Waals surface area contributed by atoms with Crippen molar-refractivity contribution in [3.05, 3.63) is 0 Å². The molecular weight excluding hydrogens is 155 g/mol. The summed E-state index contributed by atoms with van der Waals surface area (Å²) in [4.78, 5) is 0. The molecule has 0 nitrogen and oxygen atoms in total. The molecule has 0 aromatic rings. The van der Waals surface area contributed by atoms with Gasteiger partial charge in [0.15, 0.2) is 0 Å². The van der Waals surface area contributed by atoms with E-state index in [0.29, 0.717) is 0 Å². The highest BCUT2D eigenvalue weighted by Gasteiger charge is 2.02. The van der Waals surface area contributed by atoms with E-state index >= 15 is 0 Å². The van der Waals surface area contributed by atoms with Crippen LogP contribution in [0.5, 0.6) is 0 Å². The topological polar surface area (TPSA) is 0 Å². The van der Waals surface area contributed by atoms with E-state index in [0.717, 1.165) is 5.82 Å². The first-order chi connectivity index (χ1) is 6.43. The first-order valence-electron chi connectivity index (χ1n) is 6.27. The van der Waals surface area contributed by atoms with E-state index in [-0.39, 0.29) is 0 Å². The lowest BCUT2D eigenvalue weighted by molar-refractivity contribution is 0.499. The molecule has 13 heavy (non-hydrogen) atoms. The van der Waals surface area contributed by atoms with Crippen LogP contribution in [0.4, 0.5) is 0 Å². The van der Waals surface area contributed by atoms with Crippen molar-refractivity contribution in [3.8, 4) is 0 Å². The standard InChI is InChI=1S/C12H24B/c1-2-3-4-8-11-13-12-9-6-5-7-10-12/h12H,2-11H2,1H3/q-1. The summed E-state index contributed by atoms with van der Waals surface area (Å²) in [6, 6.07) is 0. The van der Waals surface area contributed by atoms with Crippen LogP contribution in [0.25, 0.3) is 0 Å². The van der Waals surface area contributed by atoms with Crippen LogP contribution >= 0.6 is 0 Å². The van der Waals surface area contributed by atoms with Gasteiger partial charge in [-0.3, -0.25) is 0 Å². The molecule has 1 saturated carbocycles.